The Bertz CT molecular complexity index is 291. The van der Waals surface area contributed by atoms with Gasteiger partial charge in [0.25, 0.3) is 0 Å². The summed E-state index contributed by atoms with van der Waals surface area (Å²) in [6, 6.07) is 6.08. The van der Waals surface area contributed by atoms with Crippen LogP contribution in [-0.4, -0.2) is 18.2 Å². The number of aliphatic hydroxyl groups excluding tert-OH is 1. The van der Waals surface area contributed by atoms with E-state index in [0.717, 1.165) is 0 Å². The van der Waals surface area contributed by atoms with Crippen LogP contribution in [-0.2, 0) is 4.79 Å². The third kappa shape index (κ3) is 2.19. The second kappa shape index (κ2) is 3.91. The number of hydrogen-bond acceptors (Lipinski definition) is 4. The van der Waals surface area contributed by atoms with Gasteiger partial charge in [-0.1, -0.05) is 12.1 Å². The molecule has 0 saturated carbocycles. The molecule has 0 bridgehead atoms. The molecule has 1 atom stereocenters. The molecule has 0 fully saturated rings. The molecule has 1 N–H and O–H groups in total. The Labute approximate surface area is 75.4 Å². The van der Waals surface area contributed by atoms with Crippen LogP contribution in [0.2, 0.25) is 0 Å². The maximum absolute atomic E-state index is 10.3. The highest BCUT2D eigenvalue weighted by molar-refractivity contribution is 5.71. The van der Waals surface area contributed by atoms with Crippen molar-refractivity contribution in [1.82, 2.24) is 0 Å². The summed E-state index contributed by atoms with van der Waals surface area (Å²) in [7, 11) is 1.50. The number of aliphatic hydroxyl groups is 1. The molecule has 0 aromatic heterocycles. The van der Waals surface area contributed by atoms with Crippen molar-refractivity contribution in [3.8, 4) is 5.75 Å². The Kier molecular flexibility index (Phi) is 2.87. The fourth-order valence-electron chi connectivity index (χ4n) is 0.922. The van der Waals surface area contributed by atoms with Gasteiger partial charge in [0.15, 0.2) is 0 Å². The van der Waals surface area contributed by atoms with E-state index in [1.807, 2.05) is 0 Å². The summed E-state index contributed by atoms with van der Waals surface area (Å²) in [5.41, 5.74) is 0.279. The molecule has 0 aliphatic carbocycles. The first-order valence-electron chi connectivity index (χ1n) is 3.68. The number of carboxylic acid groups (broad SMARTS) is 1. The van der Waals surface area contributed by atoms with Crippen LogP contribution in [0.15, 0.2) is 24.3 Å². The number of carbonyl (C=O) groups is 1. The Morgan fingerprint density at radius 2 is 2.00 bits per heavy atom. The van der Waals surface area contributed by atoms with Crippen LogP contribution < -0.4 is 9.84 Å². The summed E-state index contributed by atoms with van der Waals surface area (Å²) < 4.78 is 4.86. The molecule has 0 aliphatic heterocycles. The number of methoxy groups -OCH3 is 1. The smallest absolute Gasteiger partial charge is 0.118 e. The Morgan fingerprint density at radius 3 is 2.38 bits per heavy atom. The van der Waals surface area contributed by atoms with Crippen molar-refractivity contribution in [3.63, 3.8) is 0 Å². The second-order valence-electron chi connectivity index (χ2n) is 2.49. The average molecular weight is 181 g/mol. The zero-order valence-corrected chi connectivity index (χ0v) is 7.06. The minimum Gasteiger partial charge on any atom is -0.547 e. The van der Waals surface area contributed by atoms with Crippen LogP contribution in [0.5, 0.6) is 5.75 Å². The SMILES string of the molecule is COc1ccc([C@@H](O)C(=O)[O-])cc1. The van der Waals surface area contributed by atoms with E-state index in [1.54, 1.807) is 12.1 Å². The average Bonchev–Trinajstić information content (AvgIpc) is 2.17. The first-order chi connectivity index (χ1) is 6.15. The monoisotopic (exact) mass is 181 g/mol. The van der Waals surface area contributed by atoms with E-state index in [0.29, 0.717) is 5.75 Å². The van der Waals surface area contributed by atoms with Gasteiger partial charge in [0.2, 0.25) is 0 Å². The summed E-state index contributed by atoms with van der Waals surface area (Å²) in [4.78, 5) is 10.3. The third-order valence-corrected chi connectivity index (χ3v) is 1.65. The molecule has 0 radical (unpaired) electrons. The summed E-state index contributed by atoms with van der Waals surface area (Å²) >= 11 is 0. The van der Waals surface area contributed by atoms with Gasteiger partial charge >= 0.3 is 0 Å². The van der Waals surface area contributed by atoms with Crippen molar-refractivity contribution in [2.45, 2.75) is 6.10 Å². The predicted molar refractivity (Wildman–Crippen MR) is 43.0 cm³/mol. The largest absolute Gasteiger partial charge is 0.547 e. The topological polar surface area (TPSA) is 69.6 Å². The van der Waals surface area contributed by atoms with Crippen LogP contribution in [0.3, 0.4) is 0 Å². The molecule has 0 aliphatic rings. The van der Waals surface area contributed by atoms with Crippen LogP contribution in [0.1, 0.15) is 11.7 Å². The first kappa shape index (κ1) is 9.54. The Hall–Kier alpha value is -1.55. The minimum absolute atomic E-state index is 0.279. The van der Waals surface area contributed by atoms with Gasteiger partial charge in [0.05, 0.1) is 13.1 Å². The van der Waals surface area contributed by atoms with Crippen LogP contribution in [0, 0.1) is 0 Å². The number of hydrogen-bond donors (Lipinski definition) is 1. The van der Waals surface area contributed by atoms with Crippen molar-refractivity contribution in [2.75, 3.05) is 7.11 Å². The van der Waals surface area contributed by atoms with Crippen LogP contribution in [0.25, 0.3) is 0 Å². The van der Waals surface area contributed by atoms with E-state index in [1.165, 1.54) is 19.2 Å². The third-order valence-electron chi connectivity index (χ3n) is 1.65. The van der Waals surface area contributed by atoms with E-state index in [-0.39, 0.29) is 5.56 Å². The number of carbonyl (C=O) groups excluding carboxylic acids is 1. The molecular weight excluding hydrogens is 172 g/mol. The van der Waals surface area contributed by atoms with Gasteiger partial charge < -0.3 is 19.7 Å². The van der Waals surface area contributed by atoms with E-state index >= 15 is 0 Å². The van der Waals surface area contributed by atoms with Crippen LogP contribution >= 0.6 is 0 Å². The molecule has 0 unspecified atom stereocenters. The fraction of sp³-hybridized carbons (Fsp3) is 0.222. The number of ether oxygens (including phenoxy) is 1. The van der Waals surface area contributed by atoms with Crippen molar-refractivity contribution >= 4 is 5.97 Å². The van der Waals surface area contributed by atoms with E-state index < -0.39 is 12.1 Å². The second-order valence-corrected chi connectivity index (χ2v) is 2.49. The van der Waals surface area contributed by atoms with Crippen molar-refractivity contribution in [2.24, 2.45) is 0 Å². The van der Waals surface area contributed by atoms with Crippen LogP contribution in [0.4, 0.5) is 0 Å². The van der Waals surface area contributed by atoms with Crippen molar-refractivity contribution in [1.29, 1.82) is 0 Å². The Morgan fingerprint density at radius 1 is 1.46 bits per heavy atom. The summed E-state index contributed by atoms with van der Waals surface area (Å²) in [6.45, 7) is 0. The molecule has 0 heterocycles. The summed E-state index contributed by atoms with van der Waals surface area (Å²) in [6.07, 6.45) is -1.58. The molecule has 0 spiro atoms. The first-order valence-corrected chi connectivity index (χ1v) is 3.68. The number of aliphatic carboxylic acids is 1. The van der Waals surface area contributed by atoms with Gasteiger partial charge in [-0.15, -0.1) is 0 Å². The molecule has 0 saturated heterocycles. The Balaban J connectivity index is 2.85. The molecule has 70 valence electrons. The highest BCUT2D eigenvalue weighted by Gasteiger charge is 2.07. The van der Waals surface area contributed by atoms with E-state index in [4.69, 9.17) is 9.84 Å². The molecule has 0 amide bonds. The van der Waals surface area contributed by atoms with Gasteiger partial charge in [-0.25, -0.2) is 0 Å². The zero-order valence-electron chi connectivity index (χ0n) is 7.06. The van der Waals surface area contributed by atoms with Crippen molar-refractivity contribution < 1.29 is 19.7 Å². The molecular formula is C9H9O4-. The molecule has 1 aromatic carbocycles. The molecule has 13 heavy (non-hydrogen) atoms. The van der Waals surface area contributed by atoms with Gasteiger partial charge in [-0.05, 0) is 17.7 Å². The van der Waals surface area contributed by atoms with Gasteiger partial charge in [0.1, 0.15) is 11.9 Å². The van der Waals surface area contributed by atoms with E-state index in [9.17, 15) is 9.90 Å². The standard InChI is InChI=1S/C9H10O4/c1-13-7-4-2-6(3-5-7)8(10)9(11)12/h2-5,8,10H,1H3,(H,11,12)/p-1/t8-/m1/s1. The van der Waals surface area contributed by atoms with Gasteiger partial charge in [-0.2, -0.15) is 0 Å². The maximum Gasteiger partial charge on any atom is 0.118 e. The highest BCUT2D eigenvalue weighted by atomic mass is 16.5. The molecule has 4 nitrogen and oxygen atoms in total. The lowest BCUT2D eigenvalue weighted by Gasteiger charge is -2.11. The van der Waals surface area contributed by atoms with Crippen molar-refractivity contribution in [3.05, 3.63) is 29.8 Å². The lowest BCUT2D eigenvalue weighted by molar-refractivity contribution is -0.315. The molecule has 1 aromatic rings. The highest BCUT2D eigenvalue weighted by Crippen LogP contribution is 2.16. The quantitative estimate of drug-likeness (QED) is 0.681. The number of benzene rings is 1. The summed E-state index contributed by atoms with van der Waals surface area (Å²) in [5.74, 6) is -0.903. The normalized spacial score (nSPS) is 12.2. The fourth-order valence-corrected chi connectivity index (χ4v) is 0.922. The number of carboxylic acids is 1. The summed E-state index contributed by atoms with van der Waals surface area (Å²) in [5, 5.41) is 19.3. The number of rotatable bonds is 3. The minimum atomic E-state index is -1.58. The van der Waals surface area contributed by atoms with Gasteiger partial charge in [0, 0.05) is 0 Å². The maximum atomic E-state index is 10.3. The molecule has 4 heteroatoms. The van der Waals surface area contributed by atoms with E-state index in [2.05, 4.69) is 0 Å². The lowest BCUT2D eigenvalue weighted by atomic mass is 10.1. The molecule has 1 rings (SSSR count). The van der Waals surface area contributed by atoms with Gasteiger partial charge in [-0.3, -0.25) is 0 Å². The predicted octanol–water partition coefficient (Wildman–Crippen LogP) is -0.522. The zero-order chi connectivity index (χ0) is 9.84. The lowest BCUT2D eigenvalue weighted by Crippen LogP contribution is -2.29.